The third-order valence-electron chi connectivity index (χ3n) is 4.55. The molecule has 4 nitrogen and oxygen atoms in total. The first-order chi connectivity index (χ1) is 12.9. The average molecular weight is 376 g/mol. The Morgan fingerprint density at radius 2 is 1.81 bits per heavy atom. The average Bonchev–Trinajstić information content (AvgIpc) is 3.08. The van der Waals surface area contributed by atoms with Crippen LogP contribution in [-0.4, -0.2) is 21.2 Å². The number of nitrogens with zero attached hydrogens (tertiary/aromatic N) is 3. The van der Waals surface area contributed by atoms with Gasteiger partial charge in [-0.3, -0.25) is 0 Å². The van der Waals surface area contributed by atoms with E-state index in [0.717, 1.165) is 25.3 Å². The topological polar surface area (TPSA) is 39.4 Å². The zero-order valence-electron chi connectivity index (χ0n) is 15.3. The van der Waals surface area contributed by atoms with Crippen molar-refractivity contribution in [3.8, 4) is 17.1 Å². The van der Waals surface area contributed by atoms with Crippen LogP contribution in [-0.2, 0) is 6.18 Å². The van der Waals surface area contributed by atoms with E-state index in [4.69, 9.17) is 4.74 Å². The first-order valence-electron chi connectivity index (χ1n) is 8.91. The van der Waals surface area contributed by atoms with Crippen molar-refractivity contribution in [2.24, 2.45) is 0 Å². The first kappa shape index (κ1) is 19.2. The Morgan fingerprint density at radius 1 is 1.07 bits per heavy atom. The third-order valence-corrected chi connectivity index (χ3v) is 4.55. The number of halogens is 3. The minimum Gasteiger partial charge on any atom is -0.477 e. The molecule has 1 radical (unpaired) electrons. The molecule has 0 aliphatic heterocycles. The predicted octanol–water partition coefficient (Wildman–Crippen LogP) is 5.58. The smallest absolute Gasteiger partial charge is 0.417 e. The maximum Gasteiger partial charge on any atom is 0.417 e. The molecule has 0 N–H and O–H groups in total. The Kier molecular flexibility index (Phi) is 5.68. The summed E-state index contributed by atoms with van der Waals surface area (Å²) in [6.45, 7) is 4.71. The second-order valence-corrected chi connectivity index (χ2v) is 6.18. The summed E-state index contributed by atoms with van der Waals surface area (Å²) >= 11 is 0. The second kappa shape index (κ2) is 7.98. The van der Waals surface area contributed by atoms with Crippen LogP contribution in [0.3, 0.4) is 0 Å². The van der Waals surface area contributed by atoms with E-state index >= 15 is 0 Å². The Bertz CT molecular complexity index is 901. The van der Waals surface area contributed by atoms with E-state index < -0.39 is 11.7 Å². The summed E-state index contributed by atoms with van der Waals surface area (Å²) < 4.78 is 47.2. The lowest BCUT2D eigenvalue weighted by Gasteiger charge is -2.13. The Morgan fingerprint density at radius 3 is 2.52 bits per heavy atom. The zero-order chi connectivity index (χ0) is 19.4. The number of ether oxygens (including phenoxy) is 1. The van der Waals surface area contributed by atoms with Crippen LogP contribution in [0.5, 0.6) is 5.88 Å². The summed E-state index contributed by atoms with van der Waals surface area (Å²) in [6.07, 6.45) is -0.211. The molecule has 0 unspecified atom stereocenters. The summed E-state index contributed by atoms with van der Waals surface area (Å²) in [5, 5.41) is 4.34. The number of rotatable bonds is 7. The fourth-order valence-corrected chi connectivity index (χ4v) is 2.97. The number of hydrogen-bond donors (Lipinski definition) is 0. The summed E-state index contributed by atoms with van der Waals surface area (Å²) in [5.74, 6) is 1.76. The maximum absolute atomic E-state index is 13.4. The number of aromatic nitrogens is 3. The summed E-state index contributed by atoms with van der Waals surface area (Å²) in [4.78, 5) is 4.17. The number of fused-ring (bicyclic) bond motifs is 1. The number of benzene rings is 1. The molecule has 0 saturated heterocycles. The Labute approximate surface area is 156 Å². The first-order valence-corrected chi connectivity index (χ1v) is 8.91. The predicted molar refractivity (Wildman–Crippen MR) is 97.4 cm³/mol. The third kappa shape index (κ3) is 4.23. The van der Waals surface area contributed by atoms with E-state index in [2.05, 4.69) is 23.9 Å². The van der Waals surface area contributed by atoms with Crippen LogP contribution in [0.1, 0.15) is 38.7 Å². The standard InChI is InChI=1S/C20H21F3N3O/c1-3-14(4-2)11-12-27-19-10-9-18-24-13-17(26(18)25-19)15-7-5-6-8-16(15)20(21,22)23/h5-10,13H,3-4,11-12H2,1-2H3. The van der Waals surface area contributed by atoms with Crippen molar-refractivity contribution >= 4 is 5.65 Å². The van der Waals surface area contributed by atoms with Crippen molar-refractivity contribution in [3.63, 3.8) is 0 Å². The monoisotopic (exact) mass is 376 g/mol. The molecule has 0 spiro atoms. The van der Waals surface area contributed by atoms with Gasteiger partial charge in [0.1, 0.15) is 0 Å². The van der Waals surface area contributed by atoms with Crippen molar-refractivity contribution < 1.29 is 17.9 Å². The fraction of sp³-hybridized carbons (Fsp3) is 0.350. The zero-order valence-corrected chi connectivity index (χ0v) is 15.3. The van der Waals surface area contributed by atoms with Gasteiger partial charge in [0.25, 0.3) is 0 Å². The Hall–Kier alpha value is -2.57. The molecular weight excluding hydrogens is 355 g/mol. The van der Waals surface area contributed by atoms with Crippen LogP contribution in [0.4, 0.5) is 13.2 Å². The summed E-state index contributed by atoms with van der Waals surface area (Å²) in [5.41, 5.74) is 0.0567. The van der Waals surface area contributed by atoms with E-state index in [1.54, 1.807) is 18.2 Å². The molecule has 7 heteroatoms. The number of hydrogen-bond acceptors (Lipinski definition) is 3. The normalized spacial score (nSPS) is 12.1. The highest BCUT2D eigenvalue weighted by Gasteiger charge is 2.34. The summed E-state index contributed by atoms with van der Waals surface area (Å²) in [6, 6.07) is 8.78. The van der Waals surface area contributed by atoms with Crippen molar-refractivity contribution in [1.29, 1.82) is 0 Å². The Balaban J connectivity index is 1.91. The van der Waals surface area contributed by atoms with Gasteiger partial charge >= 0.3 is 6.18 Å². The lowest BCUT2D eigenvalue weighted by Crippen LogP contribution is -2.09. The van der Waals surface area contributed by atoms with Gasteiger partial charge in [-0.05, 0) is 37.3 Å². The molecule has 2 heterocycles. The van der Waals surface area contributed by atoms with Gasteiger partial charge in [-0.25, -0.2) is 9.50 Å². The largest absolute Gasteiger partial charge is 0.477 e. The van der Waals surface area contributed by atoms with Crippen LogP contribution >= 0.6 is 0 Å². The molecule has 27 heavy (non-hydrogen) atoms. The molecule has 0 saturated carbocycles. The lowest BCUT2D eigenvalue weighted by atomic mass is 10.0. The van der Waals surface area contributed by atoms with Crippen LogP contribution in [0, 0.1) is 5.92 Å². The molecule has 3 aromatic rings. The van der Waals surface area contributed by atoms with E-state index in [1.807, 2.05) is 0 Å². The van der Waals surface area contributed by atoms with Crippen molar-refractivity contribution in [2.75, 3.05) is 6.61 Å². The van der Waals surface area contributed by atoms with Crippen LogP contribution in [0.25, 0.3) is 16.9 Å². The molecule has 0 aliphatic carbocycles. The molecule has 143 valence electrons. The van der Waals surface area contributed by atoms with Crippen molar-refractivity contribution in [3.05, 3.63) is 54.1 Å². The lowest BCUT2D eigenvalue weighted by molar-refractivity contribution is -0.137. The van der Waals surface area contributed by atoms with Gasteiger partial charge in [-0.1, -0.05) is 32.0 Å². The molecular formula is C20H21F3N3O. The van der Waals surface area contributed by atoms with Gasteiger partial charge < -0.3 is 4.74 Å². The van der Waals surface area contributed by atoms with Gasteiger partial charge in [0.2, 0.25) is 5.88 Å². The fourth-order valence-electron chi connectivity index (χ4n) is 2.97. The number of alkyl halides is 3. The SMILES string of the molecule is CC[C](CC)CCOc1ccc2ncc(-c3ccccc3C(F)(F)F)n2n1. The van der Waals surface area contributed by atoms with E-state index in [9.17, 15) is 13.2 Å². The molecule has 0 aliphatic rings. The minimum absolute atomic E-state index is 0.0368. The van der Waals surface area contributed by atoms with Crippen molar-refractivity contribution in [2.45, 2.75) is 39.3 Å². The van der Waals surface area contributed by atoms with Gasteiger partial charge in [-0.15, -0.1) is 5.10 Å². The van der Waals surface area contributed by atoms with E-state index in [0.29, 0.717) is 18.1 Å². The van der Waals surface area contributed by atoms with Crippen LogP contribution < -0.4 is 4.74 Å². The highest BCUT2D eigenvalue weighted by Crippen LogP contribution is 2.37. The number of imidazole rings is 1. The molecule has 2 aromatic heterocycles. The summed E-state index contributed by atoms with van der Waals surface area (Å²) in [7, 11) is 0. The van der Waals surface area contributed by atoms with Crippen LogP contribution in [0.2, 0.25) is 0 Å². The van der Waals surface area contributed by atoms with E-state index in [-0.39, 0.29) is 11.3 Å². The molecule has 0 fully saturated rings. The van der Waals surface area contributed by atoms with Gasteiger partial charge in [0.05, 0.1) is 24.1 Å². The van der Waals surface area contributed by atoms with E-state index in [1.165, 1.54) is 28.8 Å². The second-order valence-electron chi connectivity index (χ2n) is 6.18. The molecule has 0 bridgehead atoms. The van der Waals surface area contributed by atoms with Crippen molar-refractivity contribution in [1.82, 2.24) is 14.6 Å². The quantitative estimate of drug-likeness (QED) is 0.540. The molecule has 1 aromatic carbocycles. The molecule has 3 rings (SSSR count). The maximum atomic E-state index is 13.4. The van der Waals surface area contributed by atoms with Gasteiger partial charge in [-0.2, -0.15) is 13.2 Å². The van der Waals surface area contributed by atoms with Gasteiger partial charge in [0, 0.05) is 11.6 Å². The van der Waals surface area contributed by atoms with Gasteiger partial charge in [0.15, 0.2) is 5.65 Å². The highest BCUT2D eigenvalue weighted by molar-refractivity contribution is 5.67. The highest BCUT2D eigenvalue weighted by atomic mass is 19.4. The van der Waals surface area contributed by atoms with Crippen LogP contribution in [0.15, 0.2) is 42.6 Å². The molecule has 0 atom stereocenters. The molecule has 0 amide bonds. The minimum atomic E-state index is -4.46.